The average Bonchev–Trinajstić information content (AvgIpc) is 3.34. The lowest BCUT2D eigenvalue weighted by atomic mass is 10.1. The van der Waals surface area contributed by atoms with Crippen LogP contribution >= 0.6 is 15.9 Å². The highest BCUT2D eigenvalue weighted by Gasteiger charge is 2.18. The summed E-state index contributed by atoms with van der Waals surface area (Å²) in [4.78, 5) is 14.9. The summed E-state index contributed by atoms with van der Waals surface area (Å²) < 4.78 is 17.2. The first kappa shape index (κ1) is 20.3. The summed E-state index contributed by atoms with van der Waals surface area (Å²) in [5.74, 6) is 0.399. The lowest BCUT2D eigenvalue weighted by Crippen LogP contribution is -2.02. The van der Waals surface area contributed by atoms with Crippen molar-refractivity contribution in [2.45, 2.75) is 17.2 Å². The molecule has 1 atom stereocenters. The predicted octanol–water partition coefficient (Wildman–Crippen LogP) is 4.11. The molecule has 1 N–H and O–H groups in total. The number of nitrogens with zero attached hydrogens (tertiary/aromatic N) is 4. The van der Waals surface area contributed by atoms with Crippen LogP contribution in [0.15, 0.2) is 64.5 Å². The molecular weight excluding hydrogens is 472 g/mol. The standard InChI is InChI=1S/C20H17BrN4O4S/c1-23-14(11-30(29)15-4-2-13(3-5-15)25(27)28)8-16-17(10-24-7-6-22-12-24)20(26)18(21)9-19(16)23/h2-9,12,26H,10-11H2,1H3. The number of fused-ring (bicyclic) bond motifs is 1. The van der Waals surface area contributed by atoms with E-state index < -0.39 is 15.7 Å². The number of phenols is 1. The summed E-state index contributed by atoms with van der Waals surface area (Å²) in [6.07, 6.45) is 5.18. The number of imidazole rings is 1. The van der Waals surface area contributed by atoms with Crippen molar-refractivity contribution >= 4 is 43.3 Å². The molecule has 2 heterocycles. The predicted molar refractivity (Wildman–Crippen MR) is 117 cm³/mol. The van der Waals surface area contributed by atoms with E-state index in [9.17, 15) is 19.4 Å². The van der Waals surface area contributed by atoms with Crippen molar-refractivity contribution in [3.63, 3.8) is 0 Å². The van der Waals surface area contributed by atoms with Crippen molar-refractivity contribution in [2.24, 2.45) is 7.05 Å². The van der Waals surface area contributed by atoms with E-state index in [0.29, 0.717) is 15.9 Å². The Balaban J connectivity index is 1.70. The third-order valence-corrected chi connectivity index (χ3v) is 6.93. The molecule has 10 heteroatoms. The quantitative estimate of drug-likeness (QED) is 0.325. The van der Waals surface area contributed by atoms with Crippen molar-refractivity contribution in [3.05, 3.63) is 81.0 Å². The van der Waals surface area contributed by atoms with Gasteiger partial charge in [-0.15, -0.1) is 0 Å². The largest absolute Gasteiger partial charge is 0.506 e. The van der Waals surface area contributed by atoms with Gasteiger partial charge >= 0.3 is 0 Å². The smallest absolute Gasteiger partial charge is 0.269 e. The molecular formula is C20H17BrN4O4S. The molecule has 0 amide bonds. The zero-order valence-electron chi connectivity index (χ0n) is 15.9. The zero-order valence-corrected chi connectivity index (χ0v) is 18.3. The van der Waals surface area contributed by atoms with Crippen LogP contribution in [-0.4, -0.2) is 28.4 Å². The molecule has 0 radical (unpaired) electrons. The molecule has 2 aromatic carbocycles. The van der Waals surface area contributed by atoms with Gasteiger partial charge in [0.15, 0.2) is 0 Å². The van der Waals surface area contributed by atoms with Gasteiger partial charge in [0.05, 0.1) is 38.8 Å². The second-order valence-electron chi connectivity index (χ2n) is 6.79. The molecule has 154 valence electrons. The van der Waals surface area contributed by atoms with Gasteiger partial charge in [0, 0.05) is 58.6 Å². The molecule has 1 unspecified atom stereocenters. The SMILES string of the molecule is Cn1c(CS(=O)c2ccc([N+](=O)[O-])cc2)cc2c(Cn3ccnc3)c(O)c(Br)cc21. The second kappa shape index (κ2) is 8.04. The molecule has 0 bridgehead atoms. The maximum Gasteiger partial charge on any atom is 0.269 e. The van der Waals surface area contributed by atoms with E-state index in [1.165, 1.54) is 24.3 Å². The summed E-state index contributed by atoms with van der Waals surface area (Å²) >= 11 is 3.42. The maximum absolute atomic E-state index is 12.9. The first-order valence-electron chi connectivity index (χ1n) is 8.92. The minimum atomic E-state index is -1.37. The van der Waals surface area contributed by atoms with Crippen LogP contribution in [0.2, 0.25) is 0 Å². The van der Waals surface area contributed by atoms with Crippen molar-refractivity contribution in [1.29, 1.82) is 0 Å². The van der Waals surface area contributed by atoms with Gasteiger partial charge in [-0.1, -0.05) is 0 Å². The zero-order chi connectivity index (χ0) is 21.4. The third-order valence-electron chi connectivity index (χ3n) is 4.97. The topological polar surface area (TPSA) is 103 Å². The van der Waals surface area contributed by atoms with Crippen LogP contribution in [0.3, 0.4) is 0 Å². The molecule has 0 saturated heterocycles. The Morgan fingerprint density at radius 3 is 2.63 bits per heavy atom. The summed E-state index contributed by atoms with van der Waals surface area (Å²) in [6.45, 7) is 0.441. The van der Waals surface area contributed by atoms with E-state index in [2.05, 4.69) is 20.9 Å². The Bertz CT molecular complexity index is 1270. The molecule has 4 rings (SSSR count). The number of aryl methyl sites for hydroxylation is 1. The molecule has 0 saturated carbocycles. The van der Waals surface area contributed by atoms with Crippen LogP contribution in [-0.2, 0) is 30.1 Å². The number of benzene rings is 2. The van der Waals surface area contributed by atoms with E-state index in [1.54, 1.807) is 12.5 Å². The molecule has 0 aliphatic rings. The van der Waals surface area contributed by atoms with E-state index in [0.717, 1.165) is 22.2 Å². The van der Waals surface area contributed by atoms with E-state index in [-0.39, 0.29) is 17.2 Å². The number of hydrogen-bond donors (Lipinski definition) is 1. The van der Waals surface area contributed by atoms with Crippen molar-refractivity contribution in [3.8, 4) is 5.75 Å². The van der Waals surface area contributed by atoms with Gasteiger partial charge in [0.2, 0.25) is 0 Å². The Kier molecular flexibility index (Phi) is 5.44. The van der Waals surface area contributed by atoms with E-state index in [4.69, 9.17) is 0 Å². The number of aromatic nitrogens is 3. The first-order chi connectivity index (χ1) is 14.3. The molecule has 4 aromatic rings. The number of aromatic hydroxyl groups is 1. The summed E-state index contributed by atoms with van der Waals surface area (Å²) in [7, 11) is 0.510. The minimum Gasteiger partial charge on any atom is -0.506 e. The van der Waals surface area contributed by atoms with Crippen molar-refractivity contribution in [2.75, 3.05) is 0 Å². The van der Waals surface area contributed by atoms with Gasteiger partial charge in [-0.2, -0.15) is 0 Å². The molecule has 0 aliphatic heterocycles. The molecule has 2 aromatic heterocycles. The number of non-ortho nitro benzene ring substituents is 1. The minimum absolute atomic E-state index is 0.0372. The fourth-order valence-corrected chi connectivity index (χ4v) is 4.96. The highest BCUT2D eigenvalue weighted by molar-refractivity contribution is 9.10. The number of nitro groups is 1. The Labute approximate surface area is 182 Å². The van der Waals surface area contributed by atoms with Crippen LogP contribution in [0.1, 0.15) is 11.3 Å². The highest BCUT2D eigenvalue weighted by Crippen LogP contribution is 2.37. The summed E-state index contributed by atoms with van der Waals surface area (Å²) in [5, 5.41) is 22.3. The number of phenolic OH excluding ortho intramolecular Hbond substituents is 1. The van der Waals surface area contributed by atoms with Gasteiger partial charge in [-0.05, 0) is 40.2 Å². The van der Waals surface area contributed by atoms with Gasteiger partial charge in [0.25, 0.3) is 5.69 Å². The lowest BCUT2D eigenvalue weighted by Gasteiger charge is -2.10. The van der Waals surface area contributed by atoms with Gasteiger partial charge in [0.1, 0.15) is 5.75 Å². The molecule has 0 fully saturated rings. The van der Waals surface area contributed by atoms with E-state index >= 15 is 0 Å². The van der Waals surface area contributed by atoms with Gasteiger partial charge in [-0.25, -0.2) is 4.98 Å². The van der Waals surface area contributed by atoms with Crippen LogP contribution in [0.25, 0.3) is 10.9 Å². The number of hydrogen-bond acceptors (Lipinski definition) is 5. The number of rotatable bonds is 6. The molecule has 8 nitrogen and oxygen atoms in total. The monoisotopic (exact) mass is 488 g/mol. The highest BCUT2D eigenvalue weighted by atomic mass is 79.9. The fourth-order valence-electron chi connectivity index (χ4n) is 3.35. The third kappa shape index (κ3) is 3.75. The van der Waals surface area contributed by atoms with Gasteiger partial charge in [-0.3, -0.25) is 14.3 Å². The number of halogens is 1. The number of nitro benzene ring substituents is 1. The van der Waals surface area contributed by atoms with Crippen LogP contribution < -0.4 is 0 Å². The Hall–Kier alpha value is -2.98. The molecule has 30 heavy (non-hydrogen) atoms. The van der Waals surface area contributed by atoms with E-state index in [1.807, 2.05) is 34.5 Å². The van der Waals surface area contributed by atoms with Crippen LogP contribution in [0.5, 0.6) is 5.75 Å². The molecule has 0 aliphatic carbocycles. The first-order valence-corrected chi connectivity index (χ1v) is 11.0. The van der Waals surface area contributed by atoms with Crippen LogP contribution in [0, 0.1) is 10.1 Å². The summed E-state index contributed by atoms with van der Waals surface area (Å²) in [5.41, 5.74) is 2.42. The van der Waals surface area contributed by atoms with Crippen molar-refractivity contribution < 1.29 is 14.2 Å². The normalized spacial score (nSPS) is 12.3. The average molecular weight is 489 g/mol. The second-order valence-corrected chi connectivity index (χ2v) is 9.09. The fraction of sp³-hybridized carbons (Fsp3) is 0.150. The Morgan fingerprint density at radius 2 is 2.00 bits per heavy atom. The maximum atomic E-state index is 12.9. The van der Waals surface area contributed by atoms with Gasteiger partial charge < -0.3 is 14.2 Å². The Morgan fingerprint density at radius 1 is 1.27 bits per heavy atom. The van der Waals surface area contributed by atoms with Crippen LogP contribution in [0.4, 0.5) is 5.69 Å². The van der Waals surface area contributed by atoms with Crippen molar-refractivity contribution in [1.82, 2.24) is 14.1 Å². The summed E-state index contributed by atoms with van der Waals surface area (Å²) in [6, 6.07) is 9.51. The lowest BCUT2D eigenvalue weighted by molar-refractivity contribution is -0.384. The molecule has 0 spiro atoms.